The molecule has 1 amide bonds. The second kappa shape index (κ2) is 12.0. The van der Waals surface area contributed by atoms with Crippen molar-refractivity contribution in [1.29, 1.82) is 0 Å². The zero-order valence-corrected chi connectivity index (χ0v) is 20.7. The van der Waals surface area contributed by atoms with Gasteiger partial charge in [-0.3, -0.25) is 4.90 Å². The van der Waals surface area contributed by atoms with Crippen LogP contribution in [-0.4, -0.2) is 91.1 Å². The Labute approximate surface area is 218 Å². The number of benzene rings is 1. The monoisotopic (exact) mass is 581 g/mol. The lowest BCUT2D eigenvalue weighted by atomic mass is 10.0. The summed E-state index contributed by atoms with van der Waals surface area (Å²) in [6.07, 6.45) is -22.5. The third-order valence-electron chi connectivity index (χ3n) is 6.53. The SMILES string of the molecule is CCOC(O)C1CCCN1c1cc(C(F)(F)F)ccc1CN1CCN(C(=O)OC(C(F)(F)F)C(F)(F)F)CC1. The van der Waals surface area contributed by atoms with E-state index in [4.69, 9.17) is 4.74 Å². The van der Waals surface area contributed by atoms with Crippen LogP contribution >= 0.6 is 0 Å². The summed E-state index contributed by atoms with van der Waals surface area (Å²) in [5, 5.41) is 10.4. The number of hydrogen-bond donors (Lipinski definition) is 1. The van der Waals surface area contributed by atoms with E-state index in [2.05, 4.69) is 4.74 Å². The molecule has 7 nitrogen and oxygen atoms in total. The predicted molar refractivity (Wildman–Crippen MR) is 119 cm³/mol. The first-order valence-electron chi connectivity index (χ1n) is 12.1. The van der Waals surface area contributed by atoms with Crippen LogP contribution < -0.4 is 4.90 Å². The van der Waals surface area contributed by atoms with Gasteiger partial charge in [-0.05, 0) is 37.5 Å². The van der Waals surface area contributed by atoms with E-state index in [1.54, 1.807) is 16.7 Å². The van der Waals surface area contributed by atoms with E-state index in [-0.39, 0.29) is 45.0 Å². The first-order valence-corrected chi connectivity index (χ1v) is 12.1. The fourth-order valence-electron chi connectivity index (χ4n) is 4.64. The topological polar surface area (TPSA) is 65.5 Å². The smallest absolute Gasteiger partial charge is 0.426 e. The molecule has 222 valence electrons. The standard InChI is InChI=1S/C23H28F9N3O4/c1-2-38-18(36)16-4-3-7-35(16)17-12-15(21(24,25)26)6-5-14(17)13-33-8-10-34(11-9-33)20(37)39-19(22(27,28)29)23(30,31)32/h5-6,12,16,18-19,36H,2-4,7-11,13H2,1H3. The maximum absolute atomic E-state index is 13.5. The third-order valence-corrected chi connectivity index (χ3v) is 6.53. The van der Waals surface area contributed by atoms with Crippen molar-refractivity contribution in [1.82, 2.24) is 9.80 Å². The fourth-order valence-corrected chi connectivity index (χ4v) is 4.64. The number of aliphatic hydroxyl groups excluding tert-OH is 1. The van der Waals surface area contributed by atoms with Crippen LogP contribution in [0.2, 0.25) is 0 Å². The summed E-state index contributed by atoms with van der Waals surface area (Å²) < 4.78 is 126. The number of halogens is 9. The van der Waals surface area contributed by atoms with E-state index >= 15 is 0 Å². The second-order valence-corrected chi connectivity index (χ2v) is 9.20. The molecule has 0 bridgehead atoms. The molecule has 2 atom stereocenters. The highest BCUT2D eigenvalue weighted by Crippen LogP contribution is 2.38. The van der Waals surface area contributed by atoms with Gasteiger partial charge < -0.3 is 24.4 Å². The molecular weight excluding hydrogens is 553 g/mol. The summed E-state index contributed by atoms with van der Waals surface area (Å²) in [6, 6.07) is 2.59. The lowest BCUT2D eigenvalue weighted by molar-refractivity contribution is -0.308. The summed E-state index contributed by atoms with van der Waals surface area (Å²) in [5.74, 6) is 0. The van der Waals surface area contributed by atoms with Crippen LogP contribution in [0.3, 0.4) is 0 Å². The first kappa shape index (κ1) is 31.1. The quantitative estimate of drug-likeness (QED) is 0.370. The molecule has 2 aliphatic rings. The normalized spacial score (nSPS) is 20.6. The number of amides is 1. The third kappa shape index (κ3) is 7.81. The number of hydrogen-bond acceptors (Lipinski definition) is 6. The molecule has 0 aliphatic carbocycles. The molecule has 39 heavy (non-hydrogen) atoms. The highest BCUT2D eigenvalue weighted by Gasteiger charge is 2.60. The van der Waals surface area contributed by atoms with Gasteiger partial charge in [0.1, 0.15) is 0 Å². The Morgan fingerprint density at radius 3 is 2.15 bits per heavy atom. The van der Waals surface area contributed by atoms with Crippen molar-refractivity contribution in [2.45, 2.75) is 63.3 Å². The van der Waals surface area contributed by atoms with Crippen LogP contribution in [0.25, 0.3) is 0 Å². The lowest BCUT2D eigenvalue weighted by Gasteiger charge is -2.37. The highest BCUT2D eigenvalue weighted by atomic mass is 19.4. The van der Waals surface area contributed by atoms with Gasteiger partial charge in [0, 0.05) is 51.6 Å². The Kier molecular flexibility index (Phi) is 9.53. The van der Waals surface area contributed by atoms with E-state index in [1.807, 2.05) is 0 Å². The van der Waals surface area contributed by atoms with Gasteiger partial charge in [-0.25, -0.2) is 4.79 Å². The Hall–Kier alpha value is -2.46. The summed E-state index contributed by atoms with van der Waals surface area (Å²) >= 11 is 0. The van der Waals surface area contributed by atoms with Crippen molar-refractivity contribution >= 4 is 11.8 Å². The average Bonchev–Trinajstić information content (AvgIpc) is 3.31. The molecule has 0 saturated carbocycles. The number of aliphatic hydroxyl groups is 1. The van der Waals surface area contributed by atoms with E-state index < -0.39 is 48.6 Å². The lowest BCUT2D eigenvalue weighted by Crippen LogP contribution is -2.52. The maximum atomic E-state index is 13.5. The number of carbonyl (C=O) groups is 1. The summed E-state index contributed by atoms with van der Waals surface area (Å²) in [6.45, 7) is 1.83. The van der Waals surface area contributed by atoms with Crippen molar-refractivity contribution in [2.24, 2.45) is 0 Å². The number of rotatable bonds is 7. The molecule has 3 rings (SSSR count). The molecule has 1 aromatic carbocycles. The van der Waals surface area contributed by atoms with Crippen LogP contribution in [0.5, 0.6) is 0 Å². The Bertz CT molecular complexity index is 965. The van der Waals surface area contributed by atoms with Crippen LogP contribution in [-0.2, 0) is 22.2 Å². The van der Waals surface area contributed by atoms with Crippen molar-refractivity contribution in [3.05, 3.63) is 29.3 Å². The van der Waals surface area contributed by atoms with Crippen LogP contribution in [0.15, 0.2) is 18.2 Å². The predicted octanol–water partition coefficient (Wildman–Crippen LogP) is 4.78. The van der Waals surface area contributed by atoms with Crippen LogP contribution in [0, 0.1) is 0 Å². The van der Waals surface area contributed by atoms with Crippen molar-refractivity contribution < 1.29 is 58.9 Å². The molecule has 0 radical (unpaired) electrons. The molecular formula is C23H28F9N3O4. The molecule has 1 aromatic rings. The summed E-state index contributed by atoms with van der Waals surface area (Å²) in [7, 11) is 0. The molecule has 1 N–H and O–H groups in total. The molecule has 2 unspecified atom stereocenters. The van der Waals surface area contributed by atoms with Gasteiger partial charge >= 0.3 is 24.6 Å². The number of ether oxygens (including phenoxy) is 2. The second-order valence-electron chi connectivity index (χ2n) is 9.20. The van der Waals surface area contributed by atoms with Gasteiger partial charge in [-0.1, -0.05) is 6.07 Å². The molecule has 2 aliphatic heterocycles. The van der Waals surface area contributed by atoms with Gasteiger partial charge in [0.25, 0.3) is 6.10 Å². The van der Waals surface area contributed by atoms with Crippen molar-refractivity contribution in [3.63, 3.8) is 0 Å². The van der Waals surface area contributed by atoms with Gasteiger partial charge in [0.05, 0.1) is 11.6 Å². The van der Waals surface area contributed by atoms with Crippen molar-refractivity contribution in [2.75, 3.05) is 44.2 Å². The Balaban J connectivity index is 1.73. The first-order chi connectivity index (χ1) is 18.0. The number of carbonyl (C=O) groups excluding carboxylic acids is 1. The molecule has 0 spiro atoms. The Morgan fingerprint density at radius 2 is 1.62 bits per heavy atom. The maximum Gasteiger partial charge on any atom is 0.434 e. The number of piperazine rings is 1. The van der Waals surface area contributed by atoms with Gasteiger partial charge in [0.2, 0.25) is 0 Å². The largest absolute Gasteiger partial charge is 0.434 e. The molecule has 16 heteroatoms. The molecule has 0 aromatic heterocycles. The average molecular weight is 581 g/mol. The van der Waals surface area contributed by atoms with Crippen LogP contribution in [0.4, 0.5) is 50.0 Å². The minimum Gasteiger partial charge on any atom is -0.426 e. The zero-order valence-electron chi connectivity index (χ0n) is 20.7. The van der Waals surface area contributed by atoms with E-state index in [0.717, 1.165) is 12.1 Å². The molecule has 2 saturated heterocycles. The van der Waals surface area contributed by atoms with E-state index in [0.29, 0.717) is 29.8 Å². The number of nitrogens with zero attached hydrogens (tertiary/aromatic N) is 3. The minimum absolute atomic E-state index is 0.0171. The van der Waals surface area contributed by atoms with E-state index in [9.17, 15) is 49.4 Å². The van der Waals surface area contributed by atoms with Gasteiger partial charge in [-0.15, -0.1) is 0 Å². The Morgan fingerprint density at radius 1 is 1.00 bits per heavy atom. The van der Waals surface area contributed by atoms with Gasteiger partial charge in [0.15, 0.2) is 6.29 Å². The van der Waals surface area contributed by atoms with Crippen molar-refractivity contribution in [3.8, 4) is 0 Å². The van der Waals surface area contributed by atoms with Crippen LogP contribution in [0.1, 0.15) is 30.9 Å². The summed E-state index contributed by atoms with van der Waals surface area (Å²) in [5.41, 5.74) is -0.204. The van der Waals surface area contributed by atoms with Gasteiger partial charge in [-0.2, -0.15) is 39.5 Å². The van der Waals surface area contributed by atoms with E-state index in [1.165, 1.54) is 6.07 Å². The minimum atomic E-state index is -5.84. The number of alkyl halides is 9. The molecule has 2 heterocycles. The summed E-state index contributed by atoms with van der Waals surface area (Å²) in [4.78, 5) is 16.1. The highest BCUT2D eigenvalue weighted by molar-refractivity contribution is 5.68. The molecule has 2 fully saturated rings. The fraction of sp³-hybridized carbons (Fsp3) is 0.696. The zero-order chi connectivity index (χ0) is 29.2. The number of anilines is 1.